The molecule has 2 aromatic carbocycles. The van der Waals surface area contributed by atoms with Crippen LogP contribution in [0.15, 0.2) is 60.8 Å². The minimum absolute atomic E-state index is 0.0549. The monoisotopic (exact) mass is 318 g/mol. The molecule has 4 aromatic rings. The summed E-state index contributed by atoms with van der Waals surface area (Å²) in [5.41, 5.74) is 1.85. The second-order valence-electron chi connectivity index (χ2n) is 5.02. The van der Waals surface area contributed by atoms with E-state index in [2.05, 4.69) is 20.3 Å². The number of benzene rings is 2. The lowest BCUT2D eigenvalue weighted by Crippen LogP contribution is -2.00. The van der Waals surface area contributed by atoms with Crippen LogP contribution in [-0.4, -0.2) is 29.7 Å². The normalized spacial score (nSPS) is 10.8. The molecule has 8 heteroatoms. The largest absolute Gasteiger partial charge is 0.280 e. The van der Waals surface area contributed by atoms with E-state index in [4.69, 9.17) is 0 Å². The van der Waals surface area contributed by atoms with Crippen molar-refractivity contribution < 1.29 is 4.92 Å². The molecule has 0 amide bonds. The summed E-state index contributed by atoms with van der Waals surface area (Å²) in [6.07, 6.45) is 1.59. The van der Waals surface area contributed by atoms with Crippen LogP contribution in [0.3, 0.4) is 0 Å². The summed E-state index contributed by atoms with van der Waals surface area (Å²) in [5.74, 6) is 0.564. The SMILES string of the molecule is O=[N+]([O-])c1ccccc1-c1nnc2nc(-c3ccccc3)cnn12. The average Bonchev–Trinajstić information content (AvgIpc) is 3.05. The van der Waals surface area contributed by atoms with E-state index in [9.17, 15) is 10.1 Å². The molecule has 0 bridgehead atoms. The van der Waals surface area contributed by atoms with Gasteiger partial charge in [-0.2, -0.15) is 9.61 Å². The summed E-state index contributed by atoms with van der Waals surface area (Å²) in [5, 5.41) is 23.5. The van der Waals surface area contributed by atoms with Gasteiger partial charge >= 0.3 is 0 Å². The number of hydrogen-bond donors (Lipinski definition) is 0. The predicted molar refractivity (Wildman–Crippen MR) is 86.1 cm³/mol. The first-order valence-electron chi connectivity index (χ1n) is 7.12. The lowest BCUT2D eigenvalue weighted by molar-refractivity contribution is -0.384. The Morgan fingerprint density at radius 1 is 0.958 bits per heavy atom. The highest BCUT2D eigenvalue weighted by Gasteiger charge is 2.20. The molecule has 116 valence electrons. The van der Waals surface area contributed by atoms with Gasteiger partial charge in [-0.3, -0.25) is 10.1 Å². The molecule has 0 saturated carbocycles. The standard InChI is InChI=1S/C16H10N6O2/c23-22(24)14-9-5-4-8-12(14)15-19-20-16-18-13(10-17-21(15)16)11-6-2-1-3-7-11/h1-10H. The summed E-state index contributed by atoms with van der Waals surface area (Å²) in [4.78, 5) is 15.2. The van der Waals surface area contributed by atoms with Crippen molar-refractivity contribution in [3.63, 3.8) is 0 Å². The average molecular weight is 318 g/mol. The van der Waals surface area contributed by atoms with E-state index in [1.165, 1.54) is 10.6 Å². The van der Waals surface area contributed by atoms with E-state index in [-0.39, 0.29) is 17.3 Å². The van der Waals surface area contributed by atoms with E-state index < -0.39 is 4.92 Å². The molecule has 0 aliphatic rings. The second-order valence-corrected chi connectivity index (χ2v) is 5.02. The summed E-state index contributed by atoms with van der Waals surface area (Å²) in [6, 6.07) is 15.9. The van der Waals surface area contributed by atoms with Gasteiger partial charge in [0.05, 0.1) is 22.4 Å². The molecule has 2 heterocycles. The molecule has 2 aromatic heterocycles. The van der Waals surface area contributed by atoms with Gasteiger partial charge < -0.3 is 0 Å². The first-order chi connectivity index (χ1) is 11.7. The molecule has 0 radical (unpaired) electrons. The van der Waals surface area contributed by atoms with Gasteiger partial charge in [-0.05, 0) is 6.07 Å². The van der Waals surface area contributed by atoms with Crippen molar-refractivity contribution in [2.45, 2.75) is 0 Å². The van der Waals surface area contributed by atoms with Gasteiger partial charge in [0, 0.05) is 11.6 Å². The summed E-state index contributed by atoms with van der Waals surface area (Å²) >= 11 is 0. The molecule has 0 atom stereocenters. The third kappa shape index (κ3) is 2.26. The van der Waals surface area contributed by atoms with Crippen LogP contribution in [0.4, 0.5) is 5.69 Å². The third-order valence-electron chi connectivity index (χ3n) is 3.55. The van der Waals surface area contributed by atoms with Crippen molar-refractivity contribution in [2.75, 3.05) is 0 Å². The molecule has 0 fully saturated rings. The molecule has 0 saturated heterocycles. The van der Waals surface area contributed by atoms with E-state index in [0.29, 0.717) is 11.3 Å². The fourth-order valence-electron chi connectivity index (χ4n) is 2.43. The Hall–Kier alpha value is -3.68. The number of aromatic nitrogens is 5. The summed E-state index contributed by atoms with van der Waals surface area (Å²) in [7, 11) is 0. The maximum Gasteiger partial charge on any atom is 0.280 e. The molecule has 4 rings (SSSR count). The van der Waals surface area contributed by atoms with Crippen LogP contribution in [0, 0.1) is 10.1 Å². The van der Waals surface area contributed by atoms with Gasteiger partial charge in [-0.25, -0.2) is 4.98 Å². The Labute approximate surface area is 135 Å². The highest BCUT2D eigenvalue weighted by Crippen LogP contribution is 2.28. The van der Waals surface area contributed by atoms with E-state index in [0.717, 1.165) is 5.56 Å². The number of hydrogen-bond acceptors (Lipinski definition) is 6. The van der Waals surface area contributed by atoms with Crippen LogP contribution in [0.25, 0.3) is 28.4 Å². The van der Waals surface area contributed by atoms with Crippen molar-refractivity contribution >= 4 is 11.5 Å². The first-order valence-corrected chi connectivity index (χ1v) is 7.12. The molecule has 24 heavy (non-hydrogen) atoms. The lowest BCUT2D eigenvalue weighted by atomic mass is 10.1. The van der Waals surface area contributed by atoms with Crippen LogP contribution in [-0.2, 0) is 0 Å². The van der Waals surface area contributed by atoms with Gasteiger partial charge in [0.1, 0.15) is 0 Å². The van der Waals surface area contributed by atoms with Crippen molar-refractivity contribution in [1.82, 2.24) is 24.8 Å². The first kappa shape index (κ1) is 13.9. The highest BCUT2D eigenvalue weighted by molar-refractivity contribution is 5.69. The zero-order valence-corrected chi connectivity index (χ0v) is 12.3. The number of para-hydroxylation sites is 1. The Morgan fingerprint density at radius 3 is 2.50 bits per heavy atom. The van der Waals surface area contributed by atoms with E-state index in [1.54, 1.807) is 24.4 Å². The number of rotatable bonds is 3. The van der Waals surface area contributed by atoms with Gasteiger partial charge in [0.2, 0.25) is 0 Å². The molecule has 0 aliphatic heterocycles. The Kier molecular flexibility index (Phi) is 3.20. The van der Waals surface area contributed by atoms with Crippen molar-refractivity contribution in [3.05, 3.63) is 70.9 Å². The molecule has 0 N–H and O–H groups in total. The molecule has 0 aliphatic carbocycles. The molecule has 8 nitrogen and oxygen atoms in total. The fourth-order valence-corrected chi connectivity index (χ4v) is 2.43. The lowest BCUT2D eigenvalue weighted by Gasteiger charge is -2.02. The van der Waals surface area contributed by atoms with Crippen LogP contribution < -0.4 is 0 Å². The Morgan fingerprint density at radius 2 is 1.71 bits per heavy atom. The summed E-state index contributed by atoms with van der Waals surface area (Å²) in [6.45, 7) is 0. The molecular weight excluding hydrogens is 308 g/mol. The number of nitro groups is 1. The predicted octanol–water partition coefficient (Wildman–Crippen LogP) is 2.76. The number of nitro benzene ring substituents is 1. The fraction of sp³-hybridized carbons (Fsp3) is 0. The second kappa shape index (κ2) is 5.51. The molecule has 0 spiro atoms. The zero-order valence-electron chi connectivity index (χ0n) is 12.3. The minimum atomic E-state index is -0.456. The van der Waals surface area contributed by atoms with E-state index >= 15 is 0 Å². The van der Waals surface area contributed by atoms with Crippen molar-refractivity contribution in [3.8, 4) is 22.6 Å². The zero-order chi connectivity index (χ0) is 16.5. The quantitative estimate of drug-likeness (QED) is 0.425. The van der Waals surface area contributed by atoms with Crippen molar-refractivity contribution in [2.24, 2.45) is 0 Å². The van der Waals surface area contributed by atoms with Crippen LogP contribution in [0.5, 0.6) is 0 Å². The number of fused-ring (bicyclic) bond motifs is 1. The van der Waals surface area contributed by atoms with Gasteiger partial charge in [0.25, 0.3) is 11.5 Å². The van der Waals surface area contributed by atoms with Crippen LogP contribution >= 0.6 is 0 Å². The number of nitrogens with zero attached hydrogens (tertiary/aromatic N) is 6. The molecular formula is C16H10N6O2. The Bertz CT molecular complexity index is 1040. The third-order valence-corrected chi connectivity index (χ3v) is 3.55. The van der Waals surface area contributed by atoms with Gasteiger partial charge in [0.15, 0.2) is 5.82 Å². The van der Waals surface area contributed by atoms with Gasteiger partial charge in [-0.1, -0.05) is 42.5 Å². The molecule has 0 unspecified atom stereocenters. The summed E-state index contributed by atoms with van der Waals surface area (Å²) < 4.78 is 1.40. The topological polar surface area (TPSA) is 99.1 Å². The smallest absolute Gasteiger partial charge is 0.258 e. The van der Waals surface area contributed by atoms with Crippen molar-refractivity contribution in [1.29, 1.82) is 0 Å². The highest BCUT2D eigenvalue weighted by atomic mass is 16.6. The van der Waals surface area contributed by atoms with Gasteiger partial charge in [-0.15, -0.1) is 10.2 Å². The minimum Gasteiger partial charge on any atom is -0.258 e. The Balaban J connectivity index is 1.87. The maximum atomic E-state index is 11.2. The van der Waals surface area contributed by atoms with Crippen LogP contribution in [0.1, 0.15) is 0 Å². The van der Waals surface area contributed by atoms with E-state index in [1.807, 2.05) is 30.3 Å². The maximum absolute atomic E-state index is 11.2. The van der Waals surface area contributed by atoms with Crippen LogP contribution in [0.2, 0.25) is 0 Å².